The van der Waals surface area contributed by atoms with E-state index in [1.165, 1.54) is 0 Å². The van der Waals surface area contributed by atoms with E-state index >= 15 is 0 Å². The van der Waals surface area contributed by atoms with Crippen LogP contribution in [0, 0.1) is 0 Å². The van der Waals surface area contributed by atoms with Crippen LogP contribution in [0.5, 0.6) is 0 Å². The van der Waals surface area contributed by atoms with Crippen LogP contribution in [-0.4, -0.2) is 56.0 Å². The van der Waals surface area contributed by atoms with Gasteiger partial charge in [-0.05, 0) is 6.42 Å². The number of nitrogens with zero attached hydrogens (tertiary/aromatic N) is 1. The lowest BCUT2D eigenvalue weighted by molar-refractivity contribution is -0.146. The number of carbonyl (C=O) groups is 4. The first-order valence-electron chi connectivity index (χ1n) is 5.04. The fourth-order valence-corrected chi connectivity index (χ4v) is 2.36. The lowest BCUT2D eigenvalue weighted by Crippen LogP contribution is -2.44. The maximum atomic E-state index is 11.7. The van der Waals surface area contributed by atoms with E-state index in [-0.39, 0.29) is 18.6 Å². The maximum Gasteiger partial charge on any atom is 0.327 e. The van der Waals surface area contributed by atoms with E-state index in [0.717, 1.165) is 11.8 Å². The summed E-state index contributed by atoms with van der Waals surface area (Å²) in [7, 11) is 0. The van der Waals surface area contributed by atoms with Gasteiger partial charge in [0, 0.05) is 12.2 Å². The van der Waals surface area contributed by atoms with Gasteiger partial charge < -0.3 is 15.9 Å². The van der Waals surface area contributed by atoms with Crippen molar-refractivity contribution in [2.45, 2.75) is 24.9 Å². The van der Waals surface area contributed by atoms with E-state index in [0.29, 0.717) is 4.90 Å². The summed E-state index contributed by atoms with van der Waals surface area (Å²) in [6, 6.07) is -2.39. The number of rotatable bonds is 5. The largest absolute Gasteiger partial charge is 0.480 e. The average molecular weight is 276 g/mol. The number of imide groups is 1. The molecule has 8 nitrogen and oxygen atoms in total. The van der Waals surface area contributed by atoms with E-state index in [9.17, 15) is 19.2 Å². The van der Waals surface area contributed by atoms with Gasteiger partial charge >= 0.3 is 11.9 Å². The molecule has 0 saturated carbocycles. The van der Waals surface area contributed by atoms with Crippen molar-refractivity contribution in [3.8, 4) is 0 Å². The molecule has 1 saturated heterocycles. The molecule has 1 rings (SSSR count). The molecule has 1 aliphatic heterocycles. The third-order valence-corrected chi connectivity index (χ3v) is 3.34. The molecule has 1 fully saturated rings. The second kappa shape index (κ2) is 5.83. The number of amides is 2. The number of hydrogen-bond donors (Lipinski definition) is 3. The van der Waals surface area contributed by atoms with Gasteiger partial charge in [-0.15, -0.1) is 0 Å². The van der Waals surface area contributed by atoms with E-state index in [1.54, 1.807) is 0 Å². The number of nitrogens with two attached hydrogens (primary N) is 1. The summed E-state index contributed by atoms with van der Waals surface area (Å²) in [4.78, 5) is 45.0. The number of thioether (sulfide) groups is 1. The van der Waals surface area contributed by atoms with Gasteiger partial charge in [-0.2, -0.15) is 0 Å². The predicted molar refractivity (Wildman–Crippen MR) is 61.0 cm³/mol. The summed E-state index contributed by atoms with van der Waals surface area (Å²) in [5, 5.41) is 16.7. The zero-order valence-corrected chi connectivity index (χ0v) is 10.1. The summed E-state index contributed by atoms with van der Waals surface area (Å²) in [6.45, 7) is 0. The summed E-state index contributed by atoms with van der Waals surface area (Å²) >= 11 is 0.748. The molecule has 18 heavy (non-hydrogen) atoms. The third-order valence-electron chi connectivity index (χ3n) is 2.41. The Morgan fingerprint density at radius 1 is 1.44 bits per heavy atom. The molecule has 2 atom stereocenters. The minimum atomic E-state index is -1.26. The molecule has 0 bridgehead atoms. The molecule has 1 heterocycles. The molecule has 0 aliphatic carbocycles. The Bertz CT molecular complexity index is 399. The Labute approximate surface area is 106 Å². The van der Waals surface area contributed by atoms with Gasteiger partial charge in [0.2, 0.25) is 5.91 Å². The smallest absolute Gasteiger partial charge is 0.327 e. The van der Waals surface area contributed by atoms with Gasteiger partial charge in [-0.25, -0.2) is 4.79 Å². The van der Waals surface area contributed by atoms with Crippen molar-refractivity contribution < 1.29 is 29.4 Å². The third kappa shape index (κ3) is 3.20. The Kier molecular flexibility index (Phi) is 4.68. The first-order valence-corrected chi connectivity index (χ1v) is 6.03. The van der Waals surface area contributed by atoms with Crippen LogP contribution in [0.2, 0.25) is 0 Å². The van der Waals surface area contributed by atoms with Crippen molar-refractivity contribution in [3.63, 3.8) is 0 Å². The SMILES string of the molecule is N[C@@H](CCC(=O)N1C(=O)SCC1C(=O)O)C(=O)O. The predicted octanol–water partition coefficient (Wildman–Crippen LogP) is -0.673. The van der Waals surface area contributed by atoms with Gasteiger partial charge in [0.25, 0.3) is 5.24 Å². The molecule has 2 amide bonds. The number of hydrogen-bond acceptors (Lipinski definition) is 6. The Hall–Kier alpha value is -1.61. The second-order valence-corrected chi connectivity index (χ2v) is 4.65. The topological polar surface area (TPSA) is 138 Å². The van der Waals surface area contributed by atoms with Crippen LogP contribution in [0.1, 0.15) is 12.8 Å². The Morgan fingerprint density at radius 3 is 2.56 bits per heavy atom. The van der Waals surface area contributed by atoms with Gasteiger partial charge in [-0.3, -0.25) is 19.3 Å². The minimum absolute atomic E-state index is 0.00485. The highest BCUT2D eigenvalue weighted by Gasteiger charge is 2.40. The second-order valence-electron chi connectivity index (χ2n) is 3.68. The highest BCUT2D eigenvalue weighted by atomic mass is 32.2. The van der Waals surface area contributed by atoms with E-state index in [2.05, 4.69) is 0 Å². The van der Waals surface area contributed by atoms with Gasteiger partial charge in [0.15, 0.2) is 0 Å². The number of carboxylic acid groups (broad SMARTS) is 2. The molecule has 0 spiro atoms. The molecule has 4 N–H and O–H groups in total. The molecular weight excluding hydrogens is 264 g/mol. The highest BCUT2D eigenvalue weighted by Crippen LogP contribution is 2.25. The lowest BCUT2D eigenvalue weighted by atomic mass is 10.1. The van der Waals surface area contributed by atoms with Crippen molar-refractivity contribution in [2.75, 3.05) is 5.75 Å². The van der Waals surface area contributed by atoms with Crippen LogP contribution in [0.4, 0.5) is 4.79 Å². The first kappa shape index (κ1) is 14.5. The van der Waals surface area contributed by atoms with Crippen molar-refractivity contribution in [1.29, 1.82) is 0 Å². The van der Waals surface area contributed by atoms with Crippen LogP contribution in [0.25, 0.3) is 0 Å². The van der Waals surface area contributed by atoms with Crippen LogP contribution in [0.3, 0.4) is 0 Å². The summed E-state index contributed by atoms with van der Waals surface area (Å²) in [6.07, 6.45) is -0.418. The molecule has 0 aromatic heterocycles. The van der Waals surface area contributed by atoms with Gasteiger partial charge in [-0.1, -0.05) is 11.8 Å². The molecule has 9 heteroatoms. The fraction of sp³-hybridized carbons (Fsp3) is 0.556. The van der Waals surface area contributed by atoms with E-state index in [1.807, 2.05) is 0 Å². The maximum absolute atomic E-state index is 11.7. The van der Waals surface area contributed by atoms with Crippen LogP contribution >= 0.6 is 11.8 Å². The standard InChI is InChI=1S/C9H12N2O6S/c10-4(7(13)14)1-2-6(12)11-5(8(15)16)3-18-9(11)17/h4-5H,1-3,10H2,(H,13,14)(H,15,16)/t4-,5?/m0/s1. The number of carboxylic acids is 2. The summed E-state index contributed by atoms with van der Waals surface area (Å²) in [5.74, 6) is -3.22. The molecule has 1 unspecified atom stereocenters. The monoisotopic (exact) mass is 276 g/mol. The number of carbonyl (C=O) groups excluding carboxylic acids is 2. The van der Waals surface area contributed by atoms with Crippen LogP contribution in [0.15, 0.2) is 0 Å². The van der Waals surface area contributed by atoms with Gasteiger partial charge in [0.1, 0.15) is 12.1 Å². The summed E-state index contributed by atoms with van der Waals surface area (Å²) < 4.78 is 0. The lowest BCUT2D eigenvalue weighted by Gasteiger charge is -2.18. The fourth-order valence-electron chi connectivity index (χ4n) is 1.40. The zero-order chi connectivity index (χ0) is 13.9. The highest BCUT2D eigenvalue weighted by molar-refractivity contribution is 8.14. The Balaban J connectivity index is 2.62. The average Bonchev–Trinajstić information content (AvgIpc) is 2.67. The van der Waals surface area contributed by atoms with E-state index < -0.39 is 35.2 Å². The number of aliphatic carboxylic acids is 2. The first-order chi connectivity index (χ1) is 8.34. The molecule has 1 aliphatic rings. The van der Waals surface area contributed by atoms with Crippen molar-refractivity contribution in [1.82, 2.24) is 4.90 Å². The van der Waals surface area contributed by atoms with Crippen LogP contribution < -0.4 is 5.73 Å². The summed E-state index contributed by atoms with van der Waals surface area (Å²) in [5.41, 5.74) is 5.22. The molecule has 0 aromatic rings. The van der Waals surface area contributed by atoms with E-state index in [4.69, 9.17) is 15.9 Å². The normalized spacial score (nSPS) is 20.8. The molecule has 0 aromatic carbocycles. The Morgan fingerprint density at radius 2 is 2.06 bits per heavy atom. The molecule has 0 radical (unpaired) electrons. The van der Waals surface area contributed by atoms with Crippen molar-refractivity contribution in [2.24, 2.45) is 5.73 Å². The quantitative estimate of drug-likeness (QED) is 0.600. The zero-order valence-electron chi connectivity index (χ0n) is 9.24. The van der Waals surface area contributed by atoms with Crippen molar-refractivity contribution in [3.05, 3.63) is 0 Å². The molecular formula is C9H12N2O6S. The minimum Gasteiger partial charge on any atom is -0.480 e. The van der Waals surface area contributed by atoms with Crippen molar-refractivity contribution >= 4 is 34.8 Å². The van der Waals surface area contributed by atoms with Gasteiger partial charge in [0.05, 0.1) is 0 Å². The molecule has 100 valence electrons. The van der Waals surface area contributed by atoms with Crippen LogP contribution in [-0.2, 0) is 14.4 Å².